The zero-order valence-electron chi connectivity index (χ0n) is 13.2. The molecule has 0 amide bonds. The van der Waals surface area contributed by atoms with E-state index in [1.54, 1.807) is 0 Å². The minimum Gasteiger partial charge on any atom is -0.317 e. The summed E-state index contributed by atoms with van der Waals surface area (Å²) in [5, 5.41) is 3.59. The number of likely N-dealkylation sites (N-methyl/N-ethyl adjacent to an activating group) is 1. The van der Waals surface area contributed by atoms with Crippen LogP contribution in [0.4, 0.5) is 0 Å². The highest BCUT2D eigenvalue weighted by atomic mass is 15.2. The Kier molecular flexibility index (Phi) is 6.11. The van der Waals surface area contributed by atoms with Gasteiger partial charge in [0.15, 0.2) is 0 Å². The summed E-state index contributed by atoms with van der Waals surface area (Å²) in [5.41, 5.74) is 0. The second-order valence-electron chi connectivity index (χ2n) is 6.85. The van der Waals surface area contributed by atoms with Crippen molar-refractivity contribution < 1.29 is 0 Å². The maximum absolute atomic E-state index is 3.59. The molecule has 1 saturated heterocycles. The molecule has 1 aliphatic carbocycles. The lowest BCUT2D eigenvalue weighted by atomic mass is 9.94. The molecular formula is C16H33N3. The summed E-state index contributed by atoms with van der Waals surface area (Å²) in [6.07, 6.45) is 9.91. The first-order valence-corrected chi connectivity index (χ1v) is 8.26. The van der Waals surface area contributed by atoms with Gasteiger partial charge in [0.25, 0.3) is 0 Å². The number of nitrogens with zero attached hydrogens (tertiary/aromatic N) is 2. The standard InChI is InChI=1S/C16H33N3/c1-17-16-10-6-4-5-8-14(16)12-19-11-7-9-15(19)13-18(2)3/h14-17H,4-13H2,1-3H3. The van der Waals surface area contributed by atoms with Crippen molar-refractivity contribution in [2.45, 2.75) is 57.0 Å². The van der Waals surface area contributed by atoms with E-state index in [2.05, 4.69) is 36.3 Å². The van der Waals surface area contributed by atoms with Crippen LogP contribution >= 0.6 is 0 Å². The van der Waals surface area contributed by atoms with Crippen LogP contribution in [-0.2, 0) is 0 Å². The fourth-order valence-electron chi connectivity index (χ4n) is 4.05. The monoisotopic (exact) mass is 267 g/mol. The second kappa shape index (κ2) is 7.61. The van der Waals surface area contributed by atoms with Gasteiger partial charge in [0.1, 0.15) is 0 Å². The fourth-order valence-corrected chi connectivity index (χ4v) is 4.05. The molecule has 3 heteroatoms. The molecule has 19 heavy (non-hydrogen) atoms. The molecule has 1 saturated carbocycles. The van der Waals surface area contributed by atoms with Gasteiger partial charge >= 0.3 is 0 Å². The molecule has 0 aromatic heterocycles. The molecular weight excluding hydrogens is 234 g/mol. The molecule has 2 fully saturated rings. The quantitative estimate of drug-likeness (QED) is 0.770. The van der Waals surface area contributed by atoms with Gasteiger partial charge in [-0.25, -0.2) is 0 Å². The third-order valence-corrected chi connectivity index (χ3v) is 5.07. The molecule has 0 aromatic rings. The molecule has 0 bridgehead atoms. The van der Waals surface area contributed by atoms with Crippen LogP contribution in [0.25, 0.3) is 0 Å². The van der Waals surface area contributed by atoms with Crippen molar-refractivity contribution >= 4 is 0 Å². The van der Waals surface area contributed by atoms with Gasteiger partial charge in [-0.1, -0.05) is 19.3 Å². The summed E-state index contributed by atoms with van der Waals surface area (Å²) in [5.74, 6) is 0.871. The first kappa shape index (κ1) is 15.3. The molecule has 0 radical (unpaired) electrons. The second-order valence-corrected chi connectivity index (χ2v) is 6.85. The number of likely N-dealkylation sites (tertiary alicyclic amines) is 1. The van der Waals surface area contributed by atoms with Gasteiger partial charge in [-0.15, -0.1) is 0 Å². The van der Waals surface area contributed by atoms with Crippen LogP contribution < -0.4 is 5.32 Å². The molecule has 1 aliphatic heterocycles. The van der Waals surface area contributed by atoms with Crippen molar-refractivity contribution in [1.82, 2.24) is 15.1 Å². The van der Waals surface area contributed by atoms with E-state index in [9.17, 15) is 0 Å². The van der Waals surface area contributed by atoms with E-state index in [0.29, 0.717) is 0 Å². The van der Waals surface area contributed by atoms with Gasteiger partial charge in [0.2, 0.25) is 0 Å². The van der Waals surface area contributed by atoms with Crippen LogP contribution in [0.3, 0.4) is 0 Å². The van der Waals surface area contributed by atoms with Crippen LogP contribution in [-0.4, -0.2) is 62.7 Å². The highest BCUT2D eigenvalue weighted by Crippen LogP contribution is 2.27. The zero-order chi connectivity index (χ0) is 13.7. The van der Waals surface area contributed by atoms with Crippen molar-refractivity contribution in [2.24, 2.45) is 5.92 Å². The predicted molar refractivity (Wildman–Crippen MR) is 82.6 cm³/mol. The molecule has 1 N–H and O–H groups in total. The summed E-state index contributed by atoms with van der Waals surface area (Å²) < 4.78 is 0. The van der Waals surface area contributed by atoms with Crippen LogP contribution in [0, 0.1) is 5.92 Å². The molecule has 2 rings (SSSR count). The Balaban J connectivity index is 1.89. The highest BCUT2D eigenvalue weighted by molar-refractivity contribution is 4.87. The Morgan fingerprint density at radius 2 is 1.84 bits per heavy atom. The maximum Gasteiger partial charge on any atom is 0.0223 e. The third kappa shape index (κ3) is 4.44. The lowest BCUT2D eigenvalue weighted by Gasteiger charge is -2.33. The number of rotatable bonds is 5. The first-order valence-electron chi connectivity index (χ1n) is 8.26. The SMILES string of the molecule is CNC1CCCCCC1CN1CCCC1CN(C)C. The van der Waals surface area contributed by atoms with Crippen molar-refractivity contribution in [3.05, 3.63) is 0 Å². The fraction of sp³-hybridized carbons (Fsp3) is 1.00. The van der Waals surface area contributed by atoms with Crippen molar-refractivity contribution in [3.8, 4) is 0 Å². The van der Waals surface area contributed by atoms with Gasteiger partial charge in [0, 0.05) is 25.2 Å². The first-order chi connectivity index (χ1) is 9.20. The molecule has 2 aliphatic rings. The van der Waals surface area contributed by atoms with Crippen molar-refractivity contribution in [3.63, 3.8) is 0 Å². The van der Waals surface area contributed by atoms with Crippen LogP contribution in [0.15, 0.2) is 0 Å². The summed E-state index contributed by atoms with van der Waals surface area (Å²) in [4.78, 5) is 5.13. The van der Waals surface area contributed by atoms with E-state index in [0.717, 1.165) is 18.0 Å². The smallest absolute Gasteiger partial charge is 0.0223 e. The molecule has 3 atom stereocenters. The largest absolute Gasteiger partial charge is 0.317 e. The Hall–Kier alpha value is -0.120. The van der Waals surface area contributed by atoms with Gasteiger partial charge in [-0.2, -0.15) is 0 Å². The summed E-state index contributed by atoms with van der Waals surface area (Å²) >= 11 is 0. The zero-order valence-corrected chi connectivity index (χ0v) is 13.2. The average molecular weight is 267 g/mol. The van der Waals surface area contributed by atoms with Gasteiger partial charge < -0.3 is 10.2 Å². The third-order valence-electron chi connectivity index (χ3n) is 5.07. The Morgan fingerprint density at radius 3 is 2.58 bits per heavy atom. The van der Waals surface area contributed by atoms with Gasteiger partial charge in [0.05, 0.1) is 0 Å². The van der Waals surface area contributed by atoms with E-state index in [1.165, 1.54) is 64.6 Å². The van der Waals surface area contributed by atoms with Crippen LogP contribution in [0.2, 0.25) is 0 Å². The molecule has 1 heterocycles. The number of nitrogens with one attached hydrogen (secondary N) is 1. The van der Waals surface area contributed by atoms with Crippen molar-refractivity contribution in [2.75, 3.05) is 40.8 Å². The van der Waals surface area contributed by atoms with Gasteiger partial charge in [-0.3, -0.25) is 4.90 Å². The highest BCUT2D eigenvalue weighted by Gasteiger charge is 2.30. The number of hydrogen-bond donors (Lipinski definition) is 1. The van der Waals surface area contributed by atoms with Crippen LogP contribution in [0.1, 0.15) is 44.9 Å². The number of hydrogen-bond acceptors (Lipinski definition) is 3. The van der Waals surface area contributed by atoms with E-state index in [1.807, 2.05) is 0 Å². The minimum atomic E-state index is 0.753. The maximum atomic E-state index is 3.59. The Labute approximate surface area is 119 Å². The van der Waals surface area contributed by atoms with E-state index in [-0.39, 0.29) is 0 Å². The van der Waals surface area contributed by atoms with Gasteiger partial charge in [-0.05, 0) is 59.3 Å². The topological polar surface area (TPSA) is 18.5 Å². The van der Waals surface area contributed by atoms with Crippen LogP contribution in [0.5, 0.6) is 0 Å². The lowest BCUT2D eigenvalue weighted by molar-refractivity contribution is 0.161. The van der Waals surface area contributed by atoms with E-state index >= 15 is 0 Å². The molecule has 3 nitrogen and oxygen atoms in total. The summed E-state index contributed by atoms with van der Waals surface area (Å²) in [6.45, 7) is 3.88. The van der Waals surface area contributed by atoms with Crippen molar-refractivity contribution in [1.29, 1.82) is 0 Å². The minimum absolute atomic E-state index is 0.753. The summed E-state index contributed by atoms with van der Waals surface area (Å²) in [7, 11) is 6.57. The normalized spacial score (nSPS) is 33.8. The lowest BCUT2D eigenvalue weighted by Crippen LogP contribution is -2.44. The molecule has 112 valence electrons. The van der Waals surface area contributed by atoms with E-state index in [4.69, 9.17) is 0 Å². The average Bonchev–Trinajstić information content (AvgIpc) is 2.67. The molecule has 3 unspecified atom stereocenters. The summed E-state index contributed by atoms with van der Waals surface area (Å²) in [6, 6.07) is 1.55. The van der Waals surface area contributed by atoms with E-state index < -0.39 is 0 Å². The Bertz CT molecular complexity index is 254. The molecule has 0 aromatic carbocycles. The predicted octanol–water partition coefficient (Wildman–Crippen LogP) is 2.18. The molecule has 0 spiro atoms. The Morgan fingerprint density at radius 1 is 1.05 bits per heavy atom.